The van der Waals surface area contributed by atoms with Crippen molar-refractivity contribution in [2.45, 2.75) is 44.9 Å². The molecule has 0 saturated carbocycles. The van der Waals surface area contributed by atoms with Gasteiger partial charge < -0.3 is 4.74 Å². The summed E-state index contributed by atoms with van der Waals surface area (Å²) in [5.41, 5.74) is -2.84. The van der Waals surface area contributed by atoms with Gasteiger partial charge in [0.2, 0.25) is 0 Å². The predicted molar refractivity (Wildman–Crippen MR) is 136 cm³/mol. The minimum Gasteiger partial charge on any atom is -0.429 e. The highest BCUT2D eigenvalue weighted by Gasteiger charge is 2.43. The van der Waals surface area contributed by atoms with Crippen molar-refractivity contribution in [2.75, 3.05) is 0 Å². The molecule has 0 atom stereocenters. The predicted octanol–water partition coefficient (Wildman–Crippen LogP) is 10.6. The van der Waals surface area contributed by atoms with Crippen molar-refractivity contribution in [2.24, 2.45) is 0 Å². The number of benzene rings is 4. The van der Waals surface area contributed by atoms with Gasteiger partial charge in [0, 0.05) is 17.7 Å². The summed E-state index contributed by atoms with van der Waals surface area (Å²) >= 11 is 0. The molecular formula is C31H22F10O. The lowest BCUT2D eigenvalue weighted by Crippen LogP contribution is -2.25. The van der Waals surface area contributed by atoms with Gasteiger partial charge in [-0.3, -0.25) is 0 Å². The van der Waals surface area contributed by atoms with E-state index in [9.17, 15) is 39.5 Å². The number of halogens is 10. The van der Waals surface area contributed by atoms with E-state index in [1.54, 1.807) is 12.1 Å². The van der Waals surface area contributed by atoms with Crippen molar-refractivity contribution < 1.29 is 48.6 Å². The molecular weight excluding hydrogens is 578 g/mol. The maximum absolute atomic E-state index is 15.0. The van der Waals surface area contributed by atoms with Crippen LogP contribution in [0.2, 0.25) is 0 Å². The second-order valence-corrected chi connectivity index (χ2v) is 9.54. The molecule has 11 heteroatoms. The number of unbranched alkanes of at least 4 members (excludes halogenated alkanes) is 2. The monoisotopic (exact) mass is 600 g/mol. The van der Waals surface area contributed by atoms with E-state index in [2.05, 4.69) is 11.7 Å². The topological polar surface area (TPSA) is 9.23 Å². The Morgan fingerprint density at radius 1 is 0.571 bits per heavy atom. The summed E-state index contributed by atoms with van der Waals surface area (Å²) in [7, 11) is 0. The molecule has 0 heterocycles. The van der Waals surface area contributed by atoms with Crippen molar-refractivity contribution in [3.63, 3.8) is 0 Å². The van der Waals surface area contributed by atoms with Gasteiger partial charge in [0.05, 0.1) is 0 Å². The van der Waals surface area contributed by atoms with Crippen molar-refractivity contribution >= 4 is 0 Å². The van der Waals surface area contributed by atoms with Crippen LogP contribution in [0.4, 0.5) is 43.9 Å². The Bertz CT molecular complexity index is 1530. The largest absolute Gasteiger partial charge is 0.432 e. The van der Waals surface area contributed by atoms with E-state index in [4.69, 9.17) is 0 Å². The van der Waals surface area contributed by atoms with Crippen molar-refractivity contribution in [1.29, 1.82) is 0 Å². The van der Waals surface area contributed by atoms with Crippen LogP contribution in [0, 0.1) is 29.1 Å². The molecule has 0 radical (unpaired) electrons. The molecule has 0 N–H and O–H groups in total. The van der Waals surface area contributed by atoms with Gasteiger partial charge in [0.1, 0.15) is 46.0 Å². The standard InChI is InChI=1S/C31H22F10O/c1-2-3-4-5-17-6-8-18(9-7-17)19-10-11-22(23(32)12-19)20-13-24(33)29(25(34)14-20)31(40,41)42-21-15-26(35)28(27(36)16-21)30(37,38)39/h6-16H,2-5H2,1H3. The van der Waals surface area contributed by atoms with Gasteiger partial charge in [-0.15, -0.1) is 0 Å². The van der Waals surface area contributed by atoms with Gasteiger partial charge in [-0.1, -0.05) is 56.2 Å². The van der Waals surface area contributed by atoms with Gasteiger partial charge in [0.25, 0.3) is 0 Å². The third-order valence-corrected chi connectivity index (χ3v) is 6.51. The summed E-state index contributed by atoms with van der Waals surface area (Å²) in [6, 6.07) is 11.7. The molecule has 0 aliphatic rings. The van der Waals surface area contributed by atoms with Gasteiger partial charge >= 0.3 is 12.3 Å². The smallest absolute Gasteiger partial charge is 0.429 e. The number of hydrogen-bond acceptors (Lipinski definition) is 1. The first-order valence-corrected chi connectivity index (χ1v) is 12.7. The fraction of sp³-hybridized carbons (Fsp3) is 0.226. The van der Waals surface area contributed by atoms with Crippen molar-refractivity contribution in [3.05, 3.63) is 113 Å². The number of ether oxygens (including phenoxy) is 1. The van der Waals surface area contributed by atoms with Crippen LogP contribution in [0.15, 0.2) is 66.7 Å². The number of rotatable bonds is 9. The van der Waals surface area contributed by atoms with Crippen molar-refractivity contribution in [1.82, 2.24) is 0 Å². The molecule has 0 aliphatic carbocycles. The number of alkyl halides is 5. The Morgan fingerprint density at radius 2 is 1.10 bits per heavy atom. The first-order valence-electron chi connectivity index (χ1n) is 12.7. The highest BCUT2D eigenvalue weighted by molar-refractivity contribution is 5.71. The summed E-state index contributed by atoms with van der Waals surface area (Å²) in [6.07, 6.45) is -6.28. The molecule has 42 heavy (non-hydrogen) atoms. The van der Waals surface area contributed by atoms with E-state index in [-0.39, 0.29) is 17.7 Å². The van der Waals surface area contributed by atoms with Crippen LogP contribution in [-0.4, -0.2) is 0 Å². The van der Waals surface area contributed by atoms with Crippen molar-refractivity contribution in [3.8, 4) is 28.0 Å². The zero-order chi connectivity index (χ0) is 30.8. The SMILES string of the molecule is CCCCCc1ccc(-c2ccc(-c3cc(F)c(C(F)(F)Oc4cc(F)c(C(F)(F)F)c(F)c4)c(F)c3)c(F)c2)cc1. The Morgan fingerprint density at radius 3 is 1.62 bits per heavy atom. The van der Waals surface area contributed by atoms with E-state index in [0.29, 0.717) is 23.3 Å². The van der Waals surface area contributed by atoms with Gasteiger partial charge in [-0.2, -0.15) is 22.0 Å². The first-order chi connectivity index (χ1) is 19.7. The lowest BCUT2D eigenvalue weighted by molar-refractivity contribution is -0.189. The van der Waals surface area contributed by atoms with Gasteiger partial charge in [0.15, 0.2) is 0 Å². The van der Waals surface area contributed by atoms with Gasteiger partial charge in [-0.05, 0) is 53.3 Å². The van der Waals surface area contributed by atoms with Crippen LogP contribution in [-0.2, 0) is 18.7 Å². The highest BCUT2D eigenvalue weighted by Crippen LogP contribution is 2.40. The molecule has 0 saturated heterocycles. The van der Waals surface area contributed by atoms with Crippen LogP contribution in [0.3, 0.4) is 0 Å². The molecule has 0 aliphatic heterocycles. The molecule has 0 amide bonds. The summed E-state index contributed by atoms with van der Waals surface area (Å²) < 4.78 is 144. The minimum absolute atomic E-state index is 0.194. The van der Waals surface area contributed by atoms with Crippen LogP contribution < -0.4 is 4.74 Å². The molecule has 1 nitrogen and oxygen atoms in total. The number of aryl methyl sites for hydroxylation is 1. The minimum atomic E-state index is -5.48. The average Bonchev–Trinajstić information content (AvgIpc) is 2.87. The fourth-order valence-corrected chi connectivity index (χ4v) is 4.46. The molecule has 0 fully saturated rings. The van der Waals surface area contributed by atoms with E-state index >= 15 is 4.39 Å². The van der Waals surface area contributed by atoms with Crippen LogP contribution >= 0.6 is 0 Å². The first kappa shape index (κ1) is 30.9. The molecule has 0 spiro atoms. The molecule has 222 valence electrons. The normalized spacial score (nSPS) is 12.1. The molecule has 4 aromatic rings. The zero-order valence-electron chi connectivity index (χ0n) is 21.9. The van der Waals surface area contributed by atoms with Crippen LogP contribution in [0.25, 0.3) is 22.3 Å². The zero-order valence-corrected chi connectivity index (χ0v) is 21.9. The number of hydrogen-bond donors (Lipinski definition) is 0. The van der Waals surface area contributed by atoms with E-state index in [1.807, 2.05) is 12.1 Å². The Hall–Kier alpha value is -4.02. The molecule has 0 bridgehead atoms. The maximum Gasteiger partial charge on any atom is 0.432 e. The Kier molecular flexibility index (Phi) is 8.89. The average molecular weight is 600 g/mol. The summed E-state index contributed by atoms with van der Waals surface area (Å²) in [5.74, 6) is -10.7. The van der Waals surface area contributed by atoms with E-state index in [0.717, 1.165) is 37.3 Å². The molecule has 0 unspecified atom stereocenters. The van der Waals surface area contributed by atoms with Gasteiger partial charge in [-0.25, -0.2) is 22.0 Å². The molecule has 0 aromatic heterocycles. The van der Waals surface area contributed by atoms with Crippen LogP contribution in [0.5, 0.6) is 5.75 Å². The third-order valence-electron chi connectivity index (χ3n) is 6.51. The Labute approximate surface area is 234 Å². The lowest BCUT2D eigenvalue weighted by atomic mass is 9.97. The summed E-state index contributed by atoms with van der Waals surface area (Å²) in [5, 5.41) is 0. The quantitative estimate of drug-likeness (QED) is 0.137. The molecule has 4 rings (SSSR count). The highest BCUT2D eigenvalue weighted by atomic mass is 19.4. The van der Waals surface area contributed by atoms with Crippen LogP contribution in [0.1, 0.15) is 42.9 Å². The second kappa shape index (κ2) is 12.1. The third kappa shape index (κ3) is 6.71. The fourth-order valence-electron chi connectivity index (χ4n) is 4.46. The molecule has 4 aromatic carbocycles. The van der Waals surface area contributed by atoms with E-state index < -0.39 is 63.8 Å². The lowest BCUT2D eigenvalue weighted by Gasteiger charge is -2.21. The Balaban J connectivity index is 1.59. The van der Waals surface area contributed by atoms with E-state index in [1.165, 1.54) is 12.1 Å². The summed E-state index contributed by atoms with van der Waals surface area (Å²) in [6.45, 7) is 2.10. The summed E-state index contributed by atoms with van der Waals surface area (Å²) in [4.78, 5) is 0. The maximum atomic E-state index is 15.0. The second-order valence-electron chi connectivity index (χ2n) is 9.54.